The predicted molar refractivity (Wildman–Crippen MR) is 105 cm³/mol. The molecule has 1 aromatic carbocycles. The maximum Gasteiger partial charge on any atom is 0.236 e. The van der Waals surface area contributed by atoms with E-state index < -0.39 is 5.82 Å². The van der Waals surface area contributed by atoms with Gasteiger partial charge in [0.25, 0.3) is 0 Å². The standard InChI is InChI=1S/C19H15FN6O2S/c1-12-9-16(25-28-12)22-17(27)11-29-19-24-23-18(13-5-4-8-21-10-13)26(19)15-7-3-2-6-14(15)20/h2-10H,11H2,1H3,(H,22,25,27). The van der Waals surface area contributed by atoms with E-state index in [1.807, 2.05) is 6.07 Å². The van der Waals surface area contributed by atoms with Crippen molar-refractivity contribution in [3.63, 3.8) is 0 Å². The van der Waals surface area contributed by atoms with Crippen molar-refractivity contribution in [2.75, 3.05) is 11.1 Å². The van der Waals surface area contributed by atoms with Crippen LogP contribution in [0.1, 0.15) is 5.76 Å². The summed E-state index contributed by atoms with van der Waals surface area (Å²) in [4.78, 5) is 16.3. The number of aryl methyl sites for hydroxylation is 1. The average Bonchev–Trinajstić information content (AvgIpc) is 3.33. The molecule has 0 fully saturated rings. The maximum atomic E-state index is 14.5. The summed E-state index contributed by atoms with van der Waals surface area (Å²) in [5, 5.41) is 15.1. The molecule has 4 aromatic rings. The van der Waals surface area contributed by atoms with Crippen LogP contribution in [0.2, 0.25) is 0 Å². The van der Waals surface area contributed by atoms with Gasteiger partial charge in [-0.1, -0.05) is 29.1 Å². The van der Waals surface area contributed by atoms with Gasteiger partial charge in [-0.05, 0) is 31.2 Å². The second-order valence-electron chi connectivity index (χ2n) is 5.99. The fraction of sp³-hybridized carbons (Fsp3) is 0.105. The van der Waals surface area contributed by atoms with E-state index >= 15 is 0 Å². The van der Waals surface area contributed by atoms with E-state index in [1.54, 1.807) is 54.2 Å². The summed E-state index contributed by atoms with van der Waals surface area (Å²) in [6, 6.07) is 11.5. The number of halogens is 1. The molecule has 0 saturated carbocycles. The lowest BCUT2D eigenvalue weighted by Crippen LogP contribution is -2.14. The Kier molecular flexibility index (Phi) is 5.34. The summed E-state index contributed by atoms with van der Waals surface area (Å²) in [7, 11) is 0. The van der Waals surface area contributed by atoms with Crippen LogP contribution in [-0.4, -0.2) is 36.6 Å². The molecule has 1 amide bonds. The number of aromatic nitrogens is 5. The summed E-state index contributed by atoms with van der Waals surface area (Å²) in [5.41, 5.74) is 0.962. The Morgan fingerprint density at radius 1 is 1.24 bits per heavy atom. The van der Waals surface area contributed by atoms with Gasteiger partial charge in [-0.2, -0.15) is 0 Å². The Balaban J connectivity index is 1.62. The smallest absolute Gasteiger partial charge is 0.236 e. The normalized spacial score (nSPS) is 10.8. The quantitative estimate of drug-likeness (QED) is 0.486. The number of carbonyl (C=O) groups is 1. The largest absolute Gasteiger partial charge is 0.360 e. The highest BCUT2D eigenvalue weighted by Crippen LogP contribution is 2.28. The van der Waals surface area contributed by atoms with Crippen LogP contribution in [0.4, 0.5) is 10.2 Å². The lowest BCUT2D eigenvalue weighted by molar-refractivity contribution is -0.113. The van der Waals surface area contributed by atoms with Gasteiger partial charge in [0.05, 0.1) is 11.4 Å². The number of anilines is 1. The van der Waals surface area contributed by atoms with Gasteiger partial charge < -0.3 is 9.84 Å². The highest BCUT2D eigenvalue weighted by Gasteiger charge is 2.19. The van der Waals surface area contributed by atoms with Crippen LogP contribution >= 0.6 is 11.8 Å². The van der Waals surface area contributed by atoms with Crippen molar-refractivity contribution >= 4 is 23.5 Å². The van der Waals surface area contributed by atoms with Gasteiger partial charge in [0.15, 0.2) is 16.8 Å². The number of carbonyl (C=O) groups excluding carboxylic acids is 1. The van der Waals surface area contributed by atoms with Crippen LogP contribution in [0.25, 0.3) is 17.1 Å². The summed E-state index contributed by atoms with van der Waals surface area (Å²) < 4.78 is 21.0. The van der Waals surface area contributed by atoms with Crippen LogP contribution in [0.5, 0.6) is 0 Å². The summed E-state index contributed by atoms with van der Waals surface area (Å²) in [6.07, 6.45) is 3.26. The Bertz CT molecular complexity index is 1140. The fourth-order valence-corrected chi connectivity index (χ4v) is 3.37. The molecule has 0 spiro atoms. The molecule has 0 saturated heterocycles. The van der Waals surface area contributed by atoms with Crippen molar-refractivity contribution in [2.24, 2.45) is 0 Å². The van der Waals surface area contributed by atoms with Gasteiger partial charge in [0, 0.05) is 24.0 Å². The van der Waals surface area contributed by atoms with Crippen molar-refractivity contribution in [1.29, 1.82) is 0 Å². The van der Waals surface area contributed by atoms with E-state index in [2.05, 4.69) is 25.7 Å². The number of amides is 1. The van der Waals surface area contributed by atoms with E-state index in [9.17, 15) is 9.18 Å². The Morgan fingerprint density at radius 3 is 2.83 bits per heavy atom. The van der Waals surface area contributed by atoms with Crippen molar-refractivity contribution < 1.29 is 13.7 Å². The molecule has 146 valence electrons. The van der Waals surface area contributed by atoms with Gasteiger partial charge in [0.2, 0.25) is 5.91 Å². The van der Waals surface area contributed by atoms with Crippen molar-refractivity contribution in [3.8, 4) is 17.1 Å². The minimum absolute atomic E-state index is 0.0333. The molecule has 29 heavy (non-hydrogen) atoms. The molecule has 0 radical (unpaired) electrons. The first-order valence-electron chi connectivity index (χ1n) is 8.58. The Labute approximate surface area is 169 Å². The lowest BCUT2D eigenvalue weighted by atomic mass is 10.2. The van der Waals surface area contributed by atoms with Gasteiger partial charge in [-0.25, -0.2) is 4.39 Å². The van der Waals surface area contributed by atoms with Crippen LogP contribution in [0, 0.1) is 12.7 Å². The molecule has 0 aliphatic heterocycles. The third kappa shape index (κ3) is 4.16. The molecule has 0 unspecified atom stereocenters. The maximum absolute atomic E-state index is 14.5. The van der Waals surface area contributed by atoms with Crippen molar-refractivity contribution in [2.45, 2.75) is 12.1 Å². The molecule has 10 heteroatoms. The first-order valence-corrected chi connectivity index (χ1v) is 9.57. The number of nitrogens with zero attached hydrogens (tertiary/aromatic N) is 5. The summed E-state index contributed by atoms with van der Waals surface area (Å²) >= 11 is 1.13. The number of nitrogens with one attached hydrogen (secondary N) is 1. The van der Waals surface area contributed by atoms with E-state index in [4.69, 9.17) is 4.52 Å². The lowest BCUT2D eigenvalue weighted by Gasteiger charge is -2.11. The number of pyridine rings is 1. The molecular weight excluding hydrogens is 395 g/mol. The van der Waals surface area contributed by atoms with Crippen molar-refractivity contribution in [3.05, 3.63) is 66.4 Å². The number of hydrogen-bond donors (Lipinski definition) is 1. The molecule has 3 heterocycles. The molecule has 4 rings (SSSR count). The average molecular weight is 410 g/mol. The van der Waals surface area contributed by atoms with Gasteiger partial charge in [0.1, 0.15) is 11.6 Å². The van der Waals surface area contributed by atoms with Gasteiger partial charge in [-0.15, -0.1) is 10.2 Å². The van der Waals surface area contributed by atoms with E-state index in [-0.39, 0.29) is 17.3 Å². The highest BCUT2D eigenvalue weighted by atomic mass is 32.2. The first-order chi connectivity index (χ1) is 14.1. The zero-order chi connectivity index (χ0) is 20.2. The number of benzene rings is 1. The first kappa shape index (κ1) is 18.8. The third-order valence-corrected chi connectivity index (χ3v) is 4.80. The molecule has 8 nitrogen and oxygen atoms in total. The summed E-state index contributed by atoms with van der Waals surface area (Å²) in [6.45, 7) is 1.73. The second kappa shape index (κ2) is 8.23. The van der Waals surface area contributed by atoms with Crippen LogP contribution in [0.15, 0.2) is 64.5 Å². The zero-order valence-electron chi connectivity index (χ0n) is 15.2. The Hall–Kier alpha value is -3.53. The zero-order valence-corrected chi connectivity index (χ0v) is 16.1. The number of hydrogen-bond acceptors (Lipinski definition) is 7. The molecule has 0 bridgehead atoms. The van der Waals surface area contributed by atoms with Crippen LogP contribution < -0.4 is 5.32 Å². The predicted octanol–water partition coefficient (Wildman–Crippen LogP) is 3.50. The van der Waals surface area contributed by atoms with E-state index in [0.717, 1.165) is 11.8 Å². The van der Waals surface area contributed by atoms with Crippen LogP contribution in [-0.2, 0) is 4.79 Å². The van der Waals surface area contributed by atoms with Crippen molar-refractivity contribution in [1.82, 2.24) is 24.9 Å². The molecule has 3 aromatic heterocycles. The molecule has 0 aliphatic rings. The monoisotopic (exact) mass is 410 g/mol. The fourth-order valence-electron chi connectivity index (χ4n) is 2.63. The Morgan fingerprint density at radius 2 is 2.10 bits per heavy atom. The molecule has 0 aliphatic carbocycles. The summed E-state index contributed by atoms with van der Waals surface area (Å²) in [5.74, 6) is 0.661. The van der Waals surface area contributed by atoms with E-state index in [0.29, 0.717) is 28.1 Å². The topological polar surface area (TPSA) is 98.7 Å². The number of thioether (sulfide) groups is 1. The third-order valence-electron chi connectivity index (χ3n) is 3.87. The molecule has 0 atom stereocenters. The molecular formula is C19H15FN6O2S. The van der Waals surface area contributed by atoms with Gasteiger partial charge in [-0.3, -0.25) is 14.3 Å². The number of rotatable bonds is 6. The van der Waals surface area contributed by atoms with Gasteiger partial charge >= 0.3 is 0 Å². The second-order valence-corrected chi connectivity index (χ2v) is 6.94. The SMILES string of the molecule is Cc1cc(NC(=O)CSc2nnc(-c3cccnc3)n2-c2ccccc2F)no1. The highest BCUT2D eigenvalue weighted by molar-refractivity contribution is 7.99. The number of para-hydroxylation sites is 1. The minimum atomic E-state index is -0.429. The molecule has 1 N–H and O–H groups in total. The van der Waals surface area contributed by atoms with E-state index in [1.165, 1.54) is 6.07 Å². The van der Waals surface area contributed by atoms with Crippen LogP contribution in [0.3, 0.4) is 0 Å². The minimum Gasteiger partial charge on any atom is -0.360 e.